The van der Waals surface area contributed by atoms with Crippen LogP contribution in [-0.4, -0.2) is 29.1 Å². The second kappa shape index (κ2) is 11.2. The van der Waals surface area contributed by atoms with E-state index in [4.69, 9.17) is 21.1 Å². The van der Waals surface area contributed by atoms with E-state index in [2.05, 4.69) is 0 Å². The van der Waals surface area contributed by atoms with Crippen molar-refractivity contribution in [2.24, 2.45) is 0 Å². The number of nitrogens with zero attached hydrogens (tertiary/aromatic N) is 1. The van der Waals surface area contributed by atoms with Gasteiger partial charge in [0, 0.05) is 5.02 Å². The summed E-state index contributed by atoms with van der Waals surface area (Å²) in [6, 6.07) is 23.6. The van der Waals surface area contributed by atoms with Crippen molar-refractivity contribution in [2.75, 3.05) is 7.11 Å². The lowest BCUT2D eigenvalue weighted by Crippen LogP contribution is -2.27. The molecule has 4 aromatic carbocycles. The van der Waals surface area contributed by atoms with Gasteiger partial charge in [0.1, 0.15) is 0 Å². The molecule has 0 unspecified atom stereocenters. The Morgan fingerprint density at radius 3 is 2.47 bits per heavy atom. The zero-order chi connectivity index (χ0) is 26.8. The Morgan fingerprint density at radius 2 is 1.74 bits per heavy atom. The van der Waals surface area contributed by atoms with Crippen molar-refractivity contribution in [3.8, 4) is 11.5 Å². The standard InChI is InChI=1S/C29H19ClINO5S/c1-36-24-14-18(13-23(31)26(24)37-28(34)20-8-10-22(30)11-9-20)15-25-27(33)32(29(35)38-25)16-17-6-7-19-4-2-3-5-21(19)12-17/h2-15H,16H2,1H3/b25-15-. The number of amides is 2. The fourth-order valence-electron chi connectivity index (χ4n) is 3.97. The number of hydrogen-bond donors (Lipinski definition) is 0. The molecule has 0 atom stereocenters. The van der Waals surface area contributed by atoms with Crippen LogP contribution in [0.2, 0.25) is 5.02 Å². The Balaban J connectivity index is 1.36. The molecule has 38 heavy (non-hydrogen) atoms. The smallest absolute Gasteiger partial charge is 0.343 e. The third kappa shape index (κ3) is 5.57. The molecule has 2 amide bonds. The zero-order valence-corrected chi connectivity index (χ0v) is 23.7. The number of ether oxygens (including phenoxy) is 2. The van der Waals surface area contributed by atoms with E-state index < -0.39 is 5.97 Å². The van der Waals surface area contributed by atoms with E-state index in [1.54, 1.807) is 42.5 Å². The lowest BCUT2D eigenvalue weighted by Gasteiger charge is -2.13. The lowest BCUT2D eigenvalue weighted by atomic mass is 10.1. The van der Waals surface area contributed by atoms with Gasteiger partial charge < -0.3 is 9.47 Å². The van der Waals surface area contributed by atoms with E-state index >= 15 is 0 Å². The molecule has 0 aromatic heterocycles. The number of benzene rings is 4. The predicted octanol–water partition coefficient (Wildman–Crippen LogP) is 7.56. The van der Waals surface area contributed by atoms with E-state index in [0.29, 0.717) is 30.4 Å². The maximum atomic E-state index is 13.1. The van der Waals surface area contributed by atoms with Crippen LogP contribution >= 0.6 is 46.0 Å². The molecule has 5 rings (SSSR count). The molecule has 1 heterocycles. The summed E-state index contributed by atoms with van der Waals surface area (Å²) in [6.07, 6.45) is 1.64. The number of imide groups is 1. The van der Waals surface area contributed by atoms with Crippen LogP contribution in [0.5, 0.6) is 11.5 Å². The molecule has 1 aliphatic heterocycles. The number of hydrogen-bond acceptors (Lipinski definition) is 6. The number of methoxy groups -OCH3 is 1. The summed E-state index contributed by atoms with van der Waals surface area (Å²) >= 11 is 8.83. The third-order valence-corrected chi connectivity index (χ3v) is 7.81. The molecule has 0 spiro atoms. The van der Waals surface area contributed by atoms with Crippen molar-refractivity contribution in [1.82, 2.24) is 4.90 Å². The van der Waals surface area contributed by atoms with Crippen LogP contribution in [0, 0.1) is 3.57 Å². The van der Waals surface area contributed by atoms with Gasteiger partial charge in [-0.3, -0.25) is 14.5 Å². The molecule has 0 aliphatic carbocycles. The number of thioether (sulfide) groups is 1. The van der Waals surface area contributed by atoms with E-state index in [1.165, 1.54) is 12.0 Å². The first-order chi connectivity index (χ1) is 18.3. The van der Waals surface area contributed by atoms with Gasteiger partial charge in [-0.2, -0.15) is 0 Å². The quantitative estimate of drug-likeness (QED) is 0.0924. The Labute approximate surface area is 241 Å². The van der Waals surface area contributed by atoms with Crippen LogP contribution in [-0.2, 0) is 11.3 Å². The molecular weight excluding hydrogens is 637 g/mol. The van der Waals surface area contributed by atoms with Crippen LogP contribution in [0.4, 0.5) is 4.79 Å². The summed E-state index contributed by atoms with van der Waals surface area (Å²) in [7, 11) is 1.46. The maximum absolute atomic E-state index is 13.1. The molecule has 190 valence electrons. The van der Waals surface area contributed by atoms with Crippen LogP contribution in [0.1, 0.15) is 21.5 Å². The number of carbonyl (C=O) groups excluding carboxylic acids is 3. The van der Waals surface area contributed by atoms with E-state index in [9.17, 15) is 14.4 Å². The van der Waals surface area contributed by atoms with Gasteiger partial charge in [0.2, 0.25) is 0 Å². The monoisotopic (exact) mass is 655 g/mol. The van der Waals surface area contributed by atoms with Crippen molar-refractivity contribution in [1.29, 1.82) is 0 Å². The van der Waals surface area contributed by atoms with E-state index in [0.717, 1.165) is 28.1 Å². The highest BCUT2D eigenvalue weighted by Gasteiger charge is 2.35. The molecule has 4 aromatic rings. The van der Waals surface area contributed by atoms with Crippen LogP contribution in [0.3, 0.4) is 0 Å². The molecule has 0 N–H and O–H groups in total. The normalized spacial score (nSPS) is 14.4. The largest absolute Gasteiger partial charge is 0.493 e. The van der Waals surface area contributed by atoms with Gasteiger partial charge in [-0.25, -0.2) is 4.79 Å². The van der Waals surface area contributed by atoms with E-state index in [-0.39, 0.29) is 23.4 Å². The van der Waals surface area contributed by atoms with Crippen LogP contribution in [0.25, 0.3) is 16.8 Å². The number of rotatable bonds is 6. The van der Waals surface area contributed by atoms with Crippen molar-refractivity contribution in [3.05, 3.63) is 109 Å². The summed E-state index contributed by atoms with van der Waals surface area (Å²) in [5, 5.41) is 2.33. The fraction of sp³-hybridized carbons (Fsp3) is 0.0690. The first-order valence-electron chi connectivity index (χ1n) is 11.4. The molecule has 6 nitrogen and oxygen atoms in total. The summed E-state index contributed by atoms with van der Waals surface area (Å²) in [5.41, 5.74) is 1.85. The Morgan fingerprint density at radius 1 is 1.00 bits per heavy atom. The minimum absolute atomic E-state index is 0.188. The number of fused-ring (bicyclic) bond motifs is 1. The summed E-state index contributed by atoms with van der Waals surface area (Å²) in [5.74, 6) is -0.337. The molecule has 1 aliphatic rings. The zero-order valence-electron chi connectivity index (χ0n) is 19.9. The Hall–Kier alpha value is -3.34. The molecule has 0 radical (unpaired) electrons. The molecule has 1 saturated heterocycles. The molecule has 9 heteroatoms. The van der Waals surface area contributed by atoms with Gasteiger partial charge in [0.25, 0.3) is 11.1 Å². The predicted molar refractivity (Wildman–Crippen MR) is 158 cm³/mol. The van der Waals surface area contributed by atoms with E-state index in [1.807, 2.05) is 65.1 Å². The fourth-order valence-corrected chi connectivity index (χ4v) is 5.67. The third-order valence-electron chi connectivity index (χ3n) is 5.85. The number of halogens is 2. The van der Waals surface area contributed by atoms with Crippen LogP contribution in [0.15, 0.2) is 83.8 Å². The SMILES string of the molecule is COc1cc(/C=C2\SC(=O)N(Cc3ccc4ccccc4c3)C2=O)cc(I)c1OC(=O)c1ccc(Cl)cc1. The van der Waals surface area contributed by atoms with Crippen molar-refractivity contribution in [2.45, 2.75) is 6.54 Å². The Kier molecular flexibility index (Phi) is 7.73. The number of carbonyl (C=O) groups is 3. The van der Waals surface area contributed by atoms with Crippen molar-refractivity contribution in [3.63, 3.8) is 0 Å². The summed E-state index contributed by atoms with van der Waals surface area (Å²) < 4.78 is 11.7. The van der Waals surface area contributed by atoms with Gasteiger partial charge in [-0.15, -0.1) is 0 Å². The van der Waals surface area contributed by atoms with Gasteiger partial charge in [-0.05, 0) is 105 Å². The first kappa shape index (κ1) is 26.3. The number of esters is 1. The summed E-state index contributed by atoms with van der Waals surface area (Å²) in [6.45, 7) is 0.188. The second-order valence-corrected chi connectivity index (χ2v) is 11.0. The van der Waals surface area contributed by atoms with Gasteiger partial charge >= 0.3 is 5.97 Å². The minimum Gasteiger partial charge on any atom is -0.493 e. The van der Waals surface area contributed by atoms with Crippen LogP contribution < -0.4 is 9.47 Å². The molecule has 0 bridgehead atoms. The average molecular weight is 656 g/mol. The highest BCUT2D eigenvalue weighted by molar-refractivity contribution is 14.1. The molecule has 1 fully saturated rings. The van der Waals surface area contributed by atoms with Crippen molar-refractivity contribution < 1.29 is 23.9 Å². The highest BCUT2D eigenvalue weighted by atomic mass is 127. The minimum atomic E-state index is -0.555. The van der Waals surface area contributed by atoms with Gasteiger partial charge in [-0.1, -0.05) is 48.0 Å². The lowest BCUT2D eigenvalue weighted by molar-refractivity contribution is -0.123. The van der Waals surface area contributed by atoms with Gasteiger partial charge in [0.15, 0.2) is 11.5 Å². The molecule has 0 saturated carbocycles. The van der Waals surface area contributed by atoms with Crippen molar-refractivity contribution >= 4 is 79.9 Å². The molecular formula is C29H19ClINO5S. The topological polar surface area (TPSA) is 72.9 Å². The maximum Gasteiger partial charge on any atom is 0.343 e. The Bertz CT molecular complexity index is 1620. The second-order valence-electron chi connectivity index (χ2n) is 8.38. The average Bonchev–Trinajstić information content (AvgIpc) is 3.17. The highest BCUT2D eigenvalue weighted by Crippen LogP contribution is 2.38. The van der Waals surface area contributed by atoms with Gasteiger partial charge in [0.05, 0.1) is 27.7 Å². The summed E-state index contributed by atoms with van der Waals surface area (Å²) in [4.78, 5) is 40.0. The first-order valence-corrected chi connectivity index (χ1v) is 13.7.